The number of likely N-dealkylation sites (tertiary alicyclic amines) is 1. The highest BCUT2D eigenvalue weighted by molar-refractivity contribution is 5.92. The fourth-order valence-corrected chi connectivity index (χ4v) is 2.50. The van der Waals surface area contributed by atoms with Crippen molar-refractivity contribution in [2.45, 2.75) is 32.6 Å². The smallest absolute Gasteiger partial charge is 0.228 e. The molecule has 1 unspecified atom stereocenters. The molecule has 22 heavy (non-hydrogen) atoms. The molecule has 0 bridgehead atoms. The van der Waals surface area contributed by atoms with Crippen LogP contribution in [0.25, 0.3) is 0 Å². The molecule has 0 aliphatic carbocycles. The number of anilines is 1. The number of nitrogens with two attached hydrogens (primary N) is 1. The zero-order valence-electron chi connectivity index (χ0n) is 13.2. The molecule has 0 saturated carbocycles. The highest BCUT2D eigenvalue weighted by Crippen LogP contribution is 2.14. The summed E-state index contributed by atoms with van der Waals surface area (Å²) >= 11 is 0. The van der Waals surface area contributed by atoms with E-state index in [0.29, 0.717) is 13.0 Å². The van der Waals surface area contributed by atoms with Gasteiger partial charge >= 0.3 is 0 Å². The van der Waals surface area contributed by atoms with E-state index in [1.807, 2.05) is 29.2 Å². The van der Waals surface area contributed by atoms with E-state index >= 15 is 0 Å². The van der Waals surface area contributed by atoms with Crippen molar-refractivity contribution in [3.8, 4) is 0 Å². The molecule has 0 aromatic heterocycles. The molecule has 1 saturated heterocycles. The Hall–Kier alpha value is -1.88. The molecular formula is C17H25N3O2. The Bertz CT molecular complexity index is 507. The lowest BCUT2D eigenvalue weighted by Gasteiger charge is -2.15. The van der Waals surface area contributed by atoms with Crippen molar-refractivity contribution in [3.05, 3.63) is 29.8 Å². The molecule has 1 heterocycles. The van der Waals surface area contributed by atoms with E-state index < -0.39 is 0 Å². The van der Waals surface area contributed by atoms with E-state index in [1.54, 1.807) is 6.92 Å². The van der Waals surface area contributed by atoms with Gasteiger partial charge in [-0.05, 0) is 37.0 Å². The number of nitrogens with one attached hydrogen (secondary N) is 1. The molecule has 1 fully saturated rings. The average Bonchev–Trinajstić information content (AvgIpc) is 3.07. The summed E-state index contributed by atoms with van der Waals surface area (Å²) in [7, 11) is 0. The SMILES string of the molecule is CC(CN)C(=O)Nc1ccc(CCC(=O)N2CCCC2)cc1. The Labute approximate surface area is 131 Å². The standard InChI is InChI=1S/C17H25N3O2/c1-13(12-18)17(22)19-15-7-4-14(5-8-15)6-9-16(21)20-10-2-3-11-20/h4-5,7-8,13H,2-3,6,9-12,18H2,1H3,(H,19,22). The second-order valence-electron chi connectivity index (χ2n) is 5.91. The lowest BCUT2D eigenvalue weighted by Crippen LogP contribution is -2.27. The highest BCUT2D eigenvalue weighted by atomic mass is 16.2. The first kappa shape index (κ1) is 16.5. The van der Waals surface area contributed by atoms with E-state index in [1.165, 1.54) is 0 Å². The molecule has 3 N–H and O–H groups in total. The predicted octanol–water partition coefficient (Wildman–Crippen LogP) is 1.77. The maximum Gasteiger partial charge on any atom is 0.228 e. The number of hydrogen-bond acceptors (Lipinski definition) is 3. The van der Waals surface area contributed by atoms with Crippen molar-refractivity contribution in [2.75, 3.05) is 25.0 Å². The van der Waals surface area contributed by atoms with Gasteiger partial charge in [-0.3, -0.25) is 9.59 Å². The van der Waals surface area contributed by atoms with Crippen LogP contribution in [0.15, 0.2) is 24.3 Å². The molecule has 2 amide bonds. The van der Waals surface area contributed by atoms with Crippen molar-refractivity contribution >= 4 is 17.5 Å². The van der Waals surface area contributed by atoms with Gasteiger partial charge in [-0.1, -0.05) is 19.1 Å². The molecule has 5 nitrogen and oxygen atoms in total. The number of benzene rings is 1. The van der Waals surface area contributed by atoms with Crippen LogP contribution >= 0.6 is 0 Å². The predicted molar refractivity (Wildman–Crippen MR) is 87.4 cm³/mol. The third kappa shape index (κ3) is 4.56. The van der Waals surface area contributed by atoms with Crippen LogP contribution in [-0.2, 0) is 16.0 Å². The third-order valence-electron chi connectivity index (χ3n) is 4.11. The van der Waals surface area contributed by atoms with Crippen LogP contribution in [0.3, 0.4) is 0 Å². The van der Waals surface area contributed by atoms with Gasteiger partial charge < -0.3 is 16.0 Å². The van der Waals surface area contributed by atoms with Crippen LogP contribution < -0.4 is 11.1 Å². The molecule has 5 heteroatoms. The number of nitrogens with zero attached hydrogens (tertiary/aromatic N) is 1. The maximum atomic E-state index is 12.0. The molecule has 0 radical (unpaired) electrons. The minimum absolute atomic E-state index is 0.0699. The zero-order valence-corrected chi connectivity index (χ0v) is 13.2. The minimum Gasteiger partial charge on any atom is -0.343 e. The van der Waals surface area contributed by atoms with Crippen LogP contribution in [0.4, 0.5) is 5.69 Å². The van der Waals surface area contributed by atoms with E-state index in [-0.39, 0.29) is 17.7 Å². The fourth-order valence-electron chi connectivity index (χ4n) is 2.50. The summed E-state index contributed by atoms with van der Waals surface area (Å²) in [5, 5.41) is 2.84. The molecular weight excluding hydrogens is 278 g/mol. The normalized spacial score (nSPS) is 15.6. The Morgan fingerprint density at radius 2 is 1.86 bits per heavy atom. The number of carbonyl (C=O) groups excluding carboxylic acids is 2. The number of rotatable bonds is 6. The third-order valence-corrected chi connectivity index (χ3v) is 4.11. The lowest BCUT2D eigenvalue weighted by atomic mass is 10.1. The summed E-state index contributed by atoms with van der Waals surface area (Å²) in [6.07, 6.45) is 3.54. The molecule has 1 aliphatic rings. The lowest BCUT2D eigenvalue weighted by molar-refractivity contribution is -0.130. The first-order valence-corrected chi connectivity index (χ1v) is 7.98. The van der Waals surface area contributed by atoms with Gasteiger partial charge in [0.25, 0.3) is 0 Å². The summed E-state index contributed by atoms with van der Waals surface area (Å²) in [4.78, 5) is 25.7. The largest absolute Gasteiger partial charge is 0.343 e. The van der Waals surface area contributed by atoms with Gasteiger partial charge in [-0.2, -0.15) is 0 Å². The summed E-state index contributed by atoms with van der Waals surface area (Å²) < 4.78 is 0. The molecule has 0 spiro atoms. The van der Waals surface area contributed by atoms with Gasteiger partial charge in [0, 0.05) is 37.7 Å². The molecule has 1 aromatic carbocycles. The van der Waals surface area contributed by atoms with Crippen LogP contribution in [0.5, 0.6) is 0 Å². The monoisotopic (exact) mass is 303 g/mol. The quantitative estimate of drug-likeness (QED) is 0.841. The minimum atomic E-state index is -0.197. The van der Waals surface area contributed by atoms with Gasteiger partial charge in [0.15, 0.2) is 0 Å². The summed E-state index contributed by atoms with van der Waals surface area (Å²) in [6, 6.07) is 7.66. The van der Waals surface area contributed by atoms with Gasteiger partial charge in [0.2, 0.25) is 11.8 Å². The Morgan fingerprint density at radius 3 is 2.45 bits per heavy atom. The Morgan fingerprint density at radius 1 is 1.23 bits per heavy atom. The van der Waals surface area contributed by atoms with Gasteiger partial charge in [0.05, 0.1) is 0 Å². The molecule has 1 aromatic rings. The van der Waals surface area contributed by atoms with E-state index in [4.69, 9.17) is 5.73 Å². The molecule has 120 valence electrons. The Balaban J connectivity index is 1.81. The van der Waals surface area contributed by atoms with E-state index in [9.17, 15) is 9.59 Å². The summed E-state index contributed by atoms with van der Waals surface area (Å²) in [6.45, 7) is 3.95. The highest BCUT2D eigenvalue weighted by Gasteiger charge is 2.17. The van der Waals surface area contributed by atoms with E-state index in [2.05, 4.69) is 5.32 Å². The van der Waals surface area contributed by atoms with Crippen molar-refractivity contribution in [1.82, 2.24) is 4.90 Å². The summed E-state index contributed by atoms with van der Waals surface area (Å²) in [5.74, 6) is -0.0242. The van der Waals surface area contributed by atoms with Crippen LogP contribution in [-0.4, -0.2) is 36.3 Å². The number of aryl methyl sites for hydroxylation is 1. The topological polar surface area (TPSA) is 75.4 Å². The van der Waals surface area contributed by atoms with Crippen LogP contribution in [0.2, 0.25) is 0 Å². The van der Waals surface area contributed by atoms with Crippen molar-refractivity contribution in [1.29, 1.82) is 0 Å². The van der Waals surface area contributed by atoms with Crippen LogP contribution in [0, 0.1) is 5.92 Å². The van der Waals surface area contributed by atoms with E-state index in [0.717, 1.165) is 43.6 Å². The Kier molecular flexibility index (Phi) is 5.95. The molecule has 2 rings (SSSR count). The van der Waals surface area contributed by atoms with Crippen LogP contribution in [0.1, 0.15) is 31.7 Å². The van der Waals surface area contributed by atoms with Gasteiger partial charge in [-0.15, -0.1) is 0 Å². The number of hydrogen-bond donors (Lipinski definition) is 2. The van der Waals surface area contributed by atoms with Gasteiger partial charge in [-0.25, -0.2) is 0 Å². The molecule has 1 aliphatic heterocycles. The second-order valence-corrected chi connectivity index (χ2v) is 5.91. The first-order valence-electron chi connectivity index (χ1n) is 7.98. The first-order chi connectivity index (χ1) is 10.6. The zero-order chi connectivity index (χ0) is 15.9. The average molecular weight is 303 g/mol. The second kappa shape index (κ2) is 7.94. The van der Waals surface area contributed by atoms with Crippen molar-refractivity contribution < 1.29 is 9.59 Å². The number of carbonyl (C=O) groups is 2. The number of amides is 2. The van der Waals surface area contributed by atoms with Crippen molar-refractivity contribution in [3.63, 3.8) is 0 Å². The maximum absolute atomic E-state index is 12.0. The molecule has 1 atom stereocenters. The summed E-state index contributed by atoms with van der Waals surface area (Å²) in [5.41, 5.74) is 7.35. The fraction of sp³-hybridized carbons (Fsp3) is 0.529. The van der Waals surface area contributed by atoms with Gasteiger partial charge in [0.1, 0.15) is 0 Å². The van der Waals surface area contributed by atoms with Crippen molar-refractivity contribution in [2.24, 2.45) is 11.7 Å².